The van der Waals surface area contributed by atoms with Gasteiger partial charge in [-0.25, -0.2) is 0 Å². The molecule has 2 fully saturated rings. The Hall–Kier alpha value is -0.0800. The van der Waals surface area contributed by atoms with Crippen molar-refractivity contribution in [3.05, 3.63) is 0 Å². The molecular formula is C12H23NO. The van der Waals surface area contributed by atoms with Gasteiger partial charge in [0, 0.05) is 0 Å². The van der Waals surface area contributed by atoms with E-state index < -0.39 is 5.60 Å². The Morgan fingerprint density at radius 2 is 1.86 bits per heavy atom. The van der Waals surface area contributed by atoms with Crippen LogP contribution in [-0.2, 0) is 0 Å². The Morgan fingerprint density at radius 1 is 1.14 bits per heavy atom. The monoisotopic (exact) mass is 197 g/mol. The maximum atomic E-state index is 10.6. The van der Waals surface area contributed by atoms with E-state index >= 15 is 0 Å². The summed E-state index contributed by atoms with van der Waals surface area (Å²) in [4.78, 5) is 0. The zero-order chi connectivity index (χ0) is 10.0. The fraction of sp³-hybridized carbons (Fsp3) is 1.00. The normalized spacial score (nSPS) is 43.3. The van der Waals surface area contributed by atoms with E-state index in [2.05, 4.69) is 0 Å². The smallest absolute Gasteiger partial charge is 0.0690 e. The van der Waals surface area contributed by atoms with E-state index in [1.807, 2.05) is 0 Å². The van der Waals surface area contributed by atoms with Gasteiger partial charge in [0.15, 0.2) is 0 Å². The summed E-state index contributed by atoms with van der Waals surface area (Å²) in [5.74, 6) is 1.36. The molecule has 0 aromatic heterocycles. The second-order valence-corrected chi connectivity index (χ2v) is 5.19. The van der Waals surface area contributed by atoms with Crippen molar-refractivity contribution < 1.29 is 5.11 Å². The molecule has 0 spiro atoms. The Morgan fingerprint density at radius 3 is 2.64 bits per heavy atom. The second-order valence-electron chi connectivity index (χ2n) is 5.19. The molecule has 0 radical (unpaired) electrons. The first-order chi connectivity index (χ1) is 6.76. The molecule has 2 rings (SSSR count). The molecule has 2 aliphatic carbocycles. The van der Waals surface area contributed by atoms with Crippen LogP contribution in [0.2, 0.25) is 0 Å². The molecule has 0 saturated heterocycles. The molecule has 2 nitrogen and oxygen atoms in total. The number of fused-ring (bicyclic) bond motifs is 1. The first kappa shape index (κ1) is 10.4. The van der Waals surface area contributed by atoms with E-state index in [9.17, 15) is 5.11 Å². The summed E-state index contributed by atoms with van der Waals surface area (Å²) in [6, 6.07) is 0. The Kier molecular flexibility index (Phi) is 3.13. The lowest BCUT2D eigenvalue weighted by atomic mass is 9.62. The van der Waals surface area contributed by atoms with Gasteiger partial charge in [0.05, 0.1) is 5.60 Å². The summed E-state index contributed by atoms with van der Waals surface area (Å²) >= 11 is 0. The van der Waals surface area contributed by atoms with Crippen molar-refractivity contribution >= 4 is 0 Å². The maximum Gasteiger partial charge on any atom is 0.0690 e. The minimum absolute atomic E-state index is 0.405. The van der Waals surface area contributed by atoms with Gasteiger partial charge in [-0.15, -0.1) is 0 Å². The molecule has 14 heavy (non-hydrogen) atoms. The maximum absolute atomic E-state index is 10.6. The summed E-state index contributed by atoms with van der Waals surface area (Å²) in [6.45, 7) is 0.639. The molecule has 0 heterocycles. The lowest BCUT2D eigenvalue weighted by molar-refractivity contribution is -0.0915. The van der Waals surface area contributed by atoms with E-state index in [1.165, 1.54) is 38.5 Å². The molecule has 2 aliphatic rings. The van der Waals surface area contributed by atoms with Gasteiger partial charge in [0.25, 0.3) is 0 Å². The van der Waals surface area contributed by atoms with Crippen molar-refractivity contribution in [2.45, 2.75) is 57.0 Å². The molecule has 0 aromatic rings. The number of rotatable bonds is 2. The standard InChI is InChI=1S/C12H23NO/c13-9-8-12(14)7-3-5-10-4-1-2-6-11(10)12/h10-11,14H,1-9,13H2. The molecule has 0 bridgehead atoms. The molecule has 3 N–H and O–H groups in total. The highest BCUT2D eigenvalue weighted by Crippen LogP contribution is 2.47. The number of aliphatic hydroxyl groups is 1. The van der Waals surface area contributed by atoms with E-state index in [-0.39, 0.29) is 0 Å². The predicted molar refractivity (Wildman–Crippen MR) is 57.9 cm³/mol. The van der Waals surface area contributed by atoms with Crippen LogP contribution in [0, 0.1) is 11.8 Å². The van der Waals surface area contributed by atoms with Gasteiger partial charge in [-0.05, 0) is 44.1 Å². The SMILES string of the molecule is NCCC1(O)CCCC2CCCCC21. The molecule has 3 atom stereocenters. The van der Waals surface area contributed by atoms with E-state index in [1.54, 1.807) is 0 Å². The van der Waals surface area contributed by atoms with Crippen molar-refractivity contribution in [3.63, 3.8) is 0 Å². The third-order valence-corrected chi connectivity index (χ3v) is 4.36. The molecular weight excluding hydrogens is 174 g/mol. The van der Waals surface area contributed by atoms with Crippen LogP contribution in [-0.4, -0.2) is 17.3 Å². The quantitative estimate of drug-likeness (QED) is 0.711. The van der Waals surface area contributed by atoms with Crippen LogP contribution in [0.1, 0.15) is 51.4 Å². The van der Waals surface area contributed by atoms with Gasteiger partial charge in [-0.1, -0.05) is 25.7 Å². The topological polar surface area (TPSA) is 46.2 Å². The highest BCUT2D eigenvalue weighted by Gasteiger charge is 2.44. The van der Waals surface area contributed by atoms with Crippen molar-refractivity contribution in [3.8, 4) is 0 Å². The highest BCUT2D eigenvalue weighted by molar-refractivity contribution is 4.95. The lowest BCUT2D eigenvalue weighted by Gasteiger charge is -2.47. The molecule has 0 aliphatic heterocycles. The Labute approximate surface area is 86.9 Å². The van der Waals surface area contributed by atoms with Gasteiger partial charge in [0.1, 0.15) is 0 Å². The fourth-order valence-electron chi connectivity index (χ4n) is 3.68. The lowest BCUT2D eigenvalue weighted by Crippen LogP contribution is -2.47. The van der Waals surface area contributed by atoms with E-state index in [0.29, 0.717) is 12.5 Å². The van der Waals surface area contributed by atoms with Crippen LogP contribution in [0.3, 0.4) is 0 Å². The van der Waals surface area contributed by atoms with Crippen LogP contribution in [0.4, 0.5) is 0 Å². The summed E-state index contributed by atoms with van der Waals surface area (Å²) in [5, 5.41) is 10.6. The molecule has 82 valence electrons. The Balaban J connectivity index is 2.07. The van der Waals surface area contributed by atoms with Crippen molar-refractivity contribution in [1.29, 1.82) is 0 Å². The summed E-state index contributed by atoms with van der Waals surface area (Å²) in [5.41, 5.74) is 5.20. The summed E-state index contributed by atoms with van der Waals surface area (Å²) < 4.78 is 0. The van der Waals surface area contributed by atoms with E-state index in [0.717, 1.165) is 18.8 Å². The zero-order valence-electron chi connectivity index (χ0n) is 9.04. The third-order valence-electron chi connectivity index (χ3n) is 4.36. The number of hydrogen-bond acceptors (Lipinski definition) is 2. The minimum Gasteiger partial charge on any atom is -0.390 e. The van der Waals surface area contributed by atoms with Gasteiger partial charge in [0.2, 0.25) is 0 Å². The average molecular weight is 197 g/mol. The first-order valence-corrected chi connectivity index (χ1v) is 6.19. The zero-order valence-corrected chi connectivity index (χ0v) is 9.04. The Bertz CT molecular complexity index is 189. The number of hydrogen-bond donors (Lipinski definition) is 2. The summed E-state index contributed by atoms with van der Waals surface area (Å²) in [6.07, 6.45) is 9.63. The summed E-state index contributed by atoms with van der Waals surface area (Å²) in [7, 11) is 0. The first-order valence-electron chi connectivity index (χ1n) is 6.19. The van der Waals surface area contributed by atoms with Gasteiger partial charge in [-0.2, -0.15) is 0 Å². The third kappa shape index (κ3) is 1.82. The number of nitrogens with two attached hydrogens (primary N) is 1. The van der Waals surface area contributed by atoms with Gasteiger partial charge < -0.3 is 10.8 Å². The van der Waals surface area contributed by atoms with Crippen LogP contribution in [0.25, 0.3) is 0 Å². The largest absolute Gasteiger partial charge is 0.390 e. The molecule has 2 saturated carbocycles. The predicted octanol–water partition coefficient (Wildman–Crippen LogP) is 2.06. The van der Waals surface area contributed by atoms with Crippen LogP contribution in [0.15, 0.2) is 0 Å². The molecule has 0 amide bonds. The van der Waals surface area contributed by atoms with Crippen LogP contribution in [0.5, 0.6) is 0 Å². The fourth-order valence-corrected chi connectivity index (χ4v) is 3.68. The molecule has 2 heteroatoms. The van der Waals surface area contributed by atoms with Crippen molar-refractivity contribution in [2.75, 3.05) is 6.54 Å². The van der Waals surface area contributed by atoms with Gasteiger partial charge >= 0.3 is 0 Å². The average Bonchev–Trinajstić information content (AvgIpc) is 2.19. The molecule has 3 unspecified atom stereocenters. The van der Waals surface area contributed by atoms with Crippen molar-refractivity contribution in [1.82, 2.24) is 0 Å². The van der Waals surface area contributed by atoms with E-state index in [4.69, 9.17) is 5.73 Å². The molecule has 0 aromatic carbocycles. The van der Waals surface area contributed by atoms with Gasteiger partial charge in [-0.3, -0.25) is 0 Å². The van der Waals surface area contributed by atoms with Crippen LogP contribution >= 0.6 is 0 Å². The van der Waals surface area contributed by atoms with Crippen LogP contribution < -0.4 is 5.73 Å². The highest BCUT2D eigenvalue weighted by atomic mass is 16.3. The second kappa shape index (κ2) is 4.19. The minimum atomic E-state index is -0.405. The van der Waals surface area contributed by atoms with Crippen molar-refractivity contribution in [2.24, 2.45) is 17.6 Å².